The lowest BCUT2D eigenvalue weighted by atomic mass is 10.0. The Kier molecular flexibility index (Phi) is 4.13. The van der Waals surface area contributed by atoms with Crippen molar-refractivity contribution in [1.29, 1.82) is 0 Å². The van der Waals surface area contributed by atoms with E-state index in [1.807, 2.05) is 30.3 Å². The second kappa shape index (κ2) is 6.75. The van der Waals surface area contributed by atoms with Crippen LogP contribution in [0, 0.1) is 10.1 Å². The molecule has 0 spiro atoms. The standard InChI is InChI=1S/C19H13N3O5/c23-19(15-7-3-5-12-4-1-2-6-14(12)15)21-20-10-13-8-17-18(27-11-26-17)9-16(13)22(24)25/h1-10H,11H2,(H,21,23)/b20-10-. The predicted molar refractivity (Wildman–Crippen MR) is 98.2 cm³/mol. The molecule has 3 aromatic carbocycles. The fourth-order valence-corrected chi connectivity index (χ4v) is 2.85. The number of nitro groups is 1. The van der Waals surface area contributed by atoms with Gasteiger partial charge in [0.1, 0.15) is 0 Å². The van der Waals surface area contributed by atoms with Crippen LogP contribution in [-0.2, 0) is 0 Å². The smallest absolute Gasteiger partial charge is 0.282 e. The van der Waals surface area contributed by atoms with E-state index in [-0.39, 0.29) is 18.0 Å². The summed E-state index contributed by atoms with van der Waals surface area (Å²) in [5.74, 6) is 0.285. The second-order valence-corrected chi connectivity index (χ2v) is 5.75. The van der Waals surface area contributed by atoms with E-state index in [4.69, 9.17) is 9.47 Å². The van der Waals surface area contributed by atoms with Gasteiger partial charge in [-0.25, -0.2) is 5.43 Å². The van der Waals surface area contributed by atoms with Crippen LogP contribution < -0.4 is 14.9 Å². The number of hydrazone groups is 1. The Hall–Kier alpha value is -3.94. The van der Waals surface area contributed by atoms with E-state index < -0.39 is 10.8 Å². The first-order chi connectivity index (χ1) is 13.1. The van der Waals surface area contributed by atoms with Crippen LogP contribution >= 0.6 is 0 Å². The van der Waals surface area contributed by atoms with Crippen molar-refractivity contribution in [3.05, 3.63) is 75.8 Å². The third-order valence-corrected chi connectivity index (χ3v) is 4.12. The number of fused-ring (bicyclic) bond motifs is 2. The Bertz CT molecular complexity index is 1090. The molecule has 0 saturated heterocycles. The number of nitrogens with zero attached hydrogens (tertiary/aromatic N) is 2. The second-order valence-electron chi connectivity index (χ2n) is 5.75. The van der Waals surface area contributed by atoms with Crippen molar-refractivity contribution in [2.45, 2.75) is 0 Å². The summed E-state index contributed by atoms with van der Waals surface area (Å²) in [5.41, 5.74) is 2.88. The van der Waals surface area contributed by atoms with E-state index in [1.54, 1.807) is 12.1 Å². The Labute approximate surface area is 153 Å². The van der Waals surface area contributed by atoms with Gasteiger partial charge in [0.2, 0.25) is 6.79 Å². The highest BCUT2D eigenvalue weighted by atomic mass is 16.7. The zero-order valence-corrected chi connectivity index (χ0v) is 13.9. The Morgan fingerprint density at radius 3 is 2.67 bits per heavy atom. The maximum atomic E-state index is 12.5. The molecular weight excluding hydrogens is 350 g/mol. The van der Waals surface area contributed by atoms with E-state index in [0.717, 1.165) is 10.8 Å². The highest BCUT2D eigenvalue weighted by Gasteiger charge is 2.22. The first kappa shape index (κ1) is 16.5. The van der Waals surface area contributed by atoms with Crippen LogP contribution in [0.1, 0.15) is 15.9 Å². The SMILES string of the molecule is O=C(N/N=C\c1cc2c(cc1[N+](=O)[O-])OCO2)c1cccc2ccccc12. The van der Waals surface area contributed by atoms with E-state index in [9.17, 15) is 14.9 Å². The highest BCUT2D eigenvalue weighted by Crippen LogP contribution is 2.37. The minimum atomic E-state index is -0.546. The van der Waals surface area contributed by atoms with Crippen LogP contribution in [0.25, 0.3) is 10.8 Å². The molecule has 0 fully saturated rings. The number of nitrogens with one attached hydrogen (secondary N) is 1. The van der Waals surface area contributed by atoms with Gasteiger partial charge in [-0.3, -0.25) is 14.9 Å². The van der Waals surface area contributed by atoms with Gasteiger partial charge in [0, 0.05) is 5.56 Å². The van der Waals surface area contributed by atoms with Gasteiger partial charge in [-0.05, 0) is 22.9 Å². The molecule has 4 rings (SSSR count). The molecule has 27 heavy (non-hydrogen) atoms. The van der Waals surface area contributed by atoms with Crippen molar-refractivity contribution in [3.63, 3.8) is 0 Å². The number of benzene rings is 3. The summed E-state index contributed by atoms with van der Waals surface area (Å²) in [4.78, 5) is 23.2. The fraction of sp³-hybridized carbons (Fsp3) is 0.0526. The van der Waals surface area contributed by atoms with E-state index in [0.29, 0.717) is 17.1 Å². The summed E-state index contributed by atoms with van der Waals surface area (Å²) in [7, 11) is 0. The molecule has 8 nitrogen and oxygen atoms in total. The summed E-state index contributed by atoms with van der Waals surface area (Å²) in [6.07, 6.45) is 1.21. The van der Waals surface area contributed by atoms with Gasteiger partial charge in [-0.2, -0.15) is 5.10 Å². The zero-order valence-electron chi connectivity index (χ0n) is 13.9. The lowest BCUT2D eigenvalue weighted by molar-refractivity contribution is -0.385. The van der Waals surface area contributed by atoms with Crippen LogP contribution in [0.5, 0.6) is 11.5 Å². The summed E-state index contributed by atoms with van der Waals surface area (Å²) in [6.45, 7) is 0.00486. The summed E-state index contributed by atoms with van der Waals surface area (Å²) in [5, 5.41) is 16.8. The summed E-state index contributed by atoms with van der Waals surface area (Å²) < 4.78 is 10.4. The van der Waals surface area contributed by atoms with Crippen molar-refractivity contribution in [3.8, 4) is 11.5 Å². The number of carbonyl (C=O) groups excluding carboxylic acids is 1. The number of ether oxygens (including phenoxy) is 2. The average Bonchev–Trinajstić information content (AvgIpc) is 3.14. The highest BCUT2D eigenvalue weighted by molar-refractivity contribution is 6.07. The molecule has 0 saturated carbocycles. The lowest BCUT2D eigenvalue weighted by Crippen LogP contribution is -2.18. The van der Waals surface area contributed by atoms with Crippen molar-refractivity contribution in [1.82, 2.24) is 5.43 Å². The molecule has 0 bridgehead atoms. The fourth-order valence-electron chi connectivity index (χ4n) is 2.85. The number of hydrogen-bond acceptors (Lipinski definition) is 6. The topological polar surface area (TPSA) is 103 Å². The Morgan fingerprint density at radius 1 is 1.11 bits per heavy atom. The molecule has 8 heteroatoms. The molecule has 1 amide bonds. The van der Waals surface area contributed by atoms with Gasteiger partial charge in [0.15, 0.2) is 11.5 Å². The molecule has 0 aliphatic carbocycles. The minimum absolute atomic E-state index is 0.00486. The van der Waals surface area contributed by atoms with Crippen LogP contribution in [0.4, 0.5) is 5.69 Å². The molecule has 0 atom stereocenters. The van der Waals surface area contributed by atoms with Crippen LogP contribution in [0.2, 0.25) is 0 Å². The lowest BCUT2D eigenvalue weighted by Gasteiger charge is -2.05. The van der Waals surface area contributed by atoms with Crippen molar-refractivity contribution in [2.75, 3.05) is 6.79 Å². The van der Waals surface area contributed by atoms with Crippen molar-refractivity contribution < 1.29 is 19.2 Å². The first-order valence-electron chi connectivity index (χ1n) is 8.03. The summed E-state index contributed by atoms with van der Waals surface area (Å²) >= 11 is 0. The third-order valence-electron chi connectivity index (χ3n) is 4.12. The molecule has 0 aromatic heterocycles. The van der Waals surface area contributed by atoms with E-state index in [2.05, 4.69) is 10.5 Å². The normalized spacial score (nSPS) is 12.4. The van der Waals surface area contributed by atoms with Gasteiger partial charge in [0.25, 0.3) is 11.6 Å². The van der Waals surface area contributed by atoms with Crippen LogP contribution in [0.15, 0.2) is 59.7 Å². The number of rotatable bonds is 4. The van der Waals surface area contributed by atoms with Crippen LogP contribution in [0.3, 0.4) is 0 Å². The third kappa shape index (κ3) is 3.15. The van der Waals surface area contributed by atoms with Crippen LogP contribution in [-0.4, -0.2) is 23.8 Å². The monoisotopic (exact) mass is 363 g/mol. The largest absolute Gasteiger partial charge is 0.454 e. The molecule has 3 aromatic rings. The van der Waals surface area contributed by atoms with Gasteiger partial charge in [-0.1, -0.05) is 36.4 Å². The number of hydrogen-bond donors (Lipinski definition) is 1. The molecule has 1 aliphatic rings. The van der Waals surface area contributed by atoms with Crippen molar-refractivity contribution >= 4 is 28.6 Å². The molecule has 134 valence electrons. The molecular formula is C19H13N3O5. The quantitative estimate of drug-likeness (QED) is 0.435. The maximum Gasteiger partial charge on any atom is 0.282 e. The molecule has 0 radical (unpaired) electrons. The average molecular weight is 363 g/mol. The van der Waals surface area contributed by atoms with Crippen molar-refractivity contribution in [2.24, 2.45) is 5.10 Å². The number of carbonyl (C=O) groups is 1. The van der Waals surface area contributed by atoms with Gasteiger partial charge in [0.05, 0.1) is 22.8 Å². The molecule has 0 unspecified atom stereocenters. The van der Waals surface area contributed by atoms with E-state index >= 15 is 0 Å². The van der Waals surface area contributed by atoms with E-state index in [1.165, 1.54) is 18.3 Å². The maximum absolute atomic E-state index is 12.5. The Balaban J connectivity index is 1.59. The minimum Gasteiger partial charge on any atom is -0.454 e. The zero-order chi connectivity index (χ0) is 18.8. The van der Waals surface area contributed by atoms with Gasteiger partial charge in [-0.15, -0.1) is 0 Å². The summed E-state index contributed by atoms with van der Waals surface area (Å²) in [6, 6.07) is 15.6. The Morgan fingerprint density at radius 2 is 1.85 bits per heavy atom. The first-order valence-corrected chi connectivity index (χ1v) is 8.03. The number of amides is 1. The predicted octanol–water partition coefficient (Wildman–Crippen LogP) is 3.24. The molecule has 1 N–H and O–H groups in total. The van der Waals surface area contributed by atoms with Gasteiger partial charge >= 0.3 is 0 Å². The number of nitro benzene ring substituents is 1. The molecule has 1 heterocycles. The van der Waals surface area contributed by atoms with Gasteiger partial charge < -0.3 is 9.47 Å². The molecule has 1 aliphatic heterocycles.